The van der Waals surface area contributed by atoms with Crippen molar-refractivity contribution < 1.29 is 0 Å². The lowest BCUT2D eigenvalue weighted by Gasteiger charge is -2.11. The van der Waals surface area contributed by atoms with Gasteiger partial charge in [0.2, 0.25) is 0 Å². The van der Waals surface area contributed by atoms with E-state index in [0.717, 1.165) is 29.6 Å². The van der Waals surface area contributed by atoms with Crippen LogP contribution in [0.25, 0.3) is 76.0 Å². The molecule has 0 aliphatic heterocycles. The van der Waals surface area contributed by atoms with Crippen molar-refractivity contribution in [1.82, 2.24) is 18.7 Å². The van der Waals surface area contributed by atoms with Gasteiger partial charge in [-0.15, -0.1) is 11.3 Å². The minimum absolute atomic E-state index is 1.01. The molecule has 0 spiro atoms. The van der Waals surface area contributed by atoms with Crippen LogP contribution in [0, 0.1) is 0 Å². The van der Waals surface area contributed by atoms with E-state index in [1.165, 1.54) is 64.4 Å². The van der Waals surface area contributed by atoms with Gasteiger partial charge in [-0.05, 0) is 73.0 Å². The number of aryl methyl sites for hydroxylation is 1. The maximum Gasteiger partial charge on any atom is 0.109 e. The summed E-state index contributed by atoms with van der Waals surface area (Å²) in [6, 6.07) is 37.4. The molecule has 1 aliphatic rings. The Kier molecular flexibility index (Phi) is 4.41. The van der Waals surface area contributed by atoms with Crippen LogP contribution in [0.4, 0.5) is 0 Å². The lowest BCUT2D eigenvalue weighted by atomic mass is 10.00. The number of nitrogens with zero attached hydrogens (tertiary/aromatic N) is 4. The molecule has 0 amide bonds. The minimum atomic E-state index is 1.01. The number of aromatic nitrogens is 4. The highest BCUT2D eigenvalue weighted by Gasteiger charge is 2.24. The summed E-state index contributed by atoms with van der Waals surface area (Å²) in [7, 11) is 0. The van der Waals surface area contributed by atoms with Gasteiger partial charge in [-0.2, -0.15) is 5.10 Å². The number of pyridine rings is 1. The largest absolute Gasteiger partial charge is 0.310 e. The summed E-state index contributed by atoms with van der Waals surface area (Å²) in [5, 5.41) is 11.4. The van der Waals surface area contributed by atoms with E-state index < -0.39 is 0 Å². The summed E-state index contributed by atoms with van der Waals surface area (Å²) in [5.74, 6) is 0. The highest BCUT2D eigenvalue weighted by Crippen LogP contribution is 2.46. The van der Waals surface area contributed by atoms with Crippen LogP contribution in [0.2, 0.25) is 0 Å². The molecular weight excluding hydrogens is 533 g/mol. The van der Waals surface area contributed by atoms with Gasteiger partial charge >= 0.3 is 0 Å². The monoisotopic (exact) mass is 556 g/mol. The average molecular weight is 557 g/mol. The molecule has 0 atom stereocenters. The van der Waals surface area contributed by atoms with Crippen molar-refractivity contribution in [2.45, 2.75) is 12.8 Å². The van der Waals surface area contributed by atoms with Crippen molar-refractivity contribution in [3.63, 3.8) is 0 Å². The highest BCUT2D eigenvalue weighted by atomic mass is 32.1. The molecule has 0 bridgehead atoms. The fourth-order valence-electron chi connectivity index (χ4n) is 7.19. The number of rotatable bonds is 2. The van der Waals surface area contributed by atoms with Crippen molar-refractivity contribution >= 4 is 75.9 Å². The van der Waals surface area contributed by atoms with Gasteiger partial charge in [0.25, 0.3) is 0 Å². The van der Waals surface area contributed by atoms with E-state index in [-0.39, 0.29) is 0 Å². The molecular formula is C37H24N4S. The molecule has 5 heteroatoms. The Hall–Kier alpha value is -5.13. The lowest BCUT2D eigenvalue weighted by molar-refractivity contribution is 0.967. The molecule has 0 radical (unpaired) electrons. The maximum absolute atomic E-state index is 4.93. The normalized spacial score (nSPS) is 13.4. The first-order valence-electron chi connectivity index (χ1n) is 14.5. The van der Waals surface area contributed by atoms with Crippen LogP contribution in [0.1, 0.15) is 17.7 Å². The Morgan fingerprint density at radius 3 is 2.40 bits per heavy atom. The van der Waals surface area contributed by atoms with Crippen molar-refractivity contribution in [3.05, 3.63) is 127 Å². The summed E-state index contributed by atoms with van der Waals surface area (Å²) < 4.78 is 8.32. The molecule has 0 saturated carbocycles. The Morgan fingerprint density at radius 1 is 0.690 bits per heavy atom. The number of benzene rings is 4. The van der Waals surface area contributed by atoms with Crippen LogP contribution in [-0.2, 0) is 6.42 Å². The molecule has 0 fully saturated rings. The van der Waals surface area contributed by atoms with E-state index in [1.807, 2.05) is 15.9 Å². The fourth-order valence-corrected chi connectivity index (χ4v) is 8.44. The standard InChI is InChI=1S/C37H24N4S/c1-2-11-23(12-3-1)40-30-17-8-5-13-24(30)27-21-33-28(22-32(27)40)35-26-15-6-9-19-34(26)42-37(35)41(33)31-18-10-20-39-36(31)25-14-4-7-16-29(25)38-39/h1-4,6-12,14-22H,5,13H2. The van der Waals surface area contributed by atoms with Gasteiger partial charge in [0.05, 0.1) is 27.8 Å². The predicted molar refractivity (Wildman–Crippen MR) is 177 cm³/mol. The molecule has 0 N–H and O–H groups in total. The lowest BCUT2D eigenvalue weighted by Crippen LogP contribution is -1.99. The van der Waals surface area contributed by atoms with Crippen LogP contribution in [0.5, 0.6) is 0 Å². The topological polar surface area (TPSA) is 27.2 Å². The minimum Gasteiger partial charge on any atom is -0.310 e. The quantitative estimate of drug-likeness (QED) is 0.208. The van der Waals surface area contributed by atoms with E-state index in [1.54, 1.807) is 0 Å². The third-order valence-corrected chi connectivity index (χ3v) is 10.1. The molecule has 4 aromatic carbocycles. The second-order valence-corrected chi connectivity index (χ2v) is 12.2. The zero-order chi connectivity index (χ0) is 27.4. The van der Waals surface area contributed by atoms with E-state index in [9.17, 15) is 0 Å². The first-order chi connectivity index (χ1) is 20.8. The SMILES string of the molecule is C1=Cc2c(c3cc4c(cc3n2-c2ccccc2)c2c3ccccc3sc2n4-c2cccn3nc4ccccc4c23)CC1. The van der Waals surface area contributed by atoms with Gasteiger partial charge in [0.15, 0.2) is 0 Å². The van der Waals surface area contributed by atoms with E-state index >= 15 is 0 Å². The zero-order valence-corrected chi connectivity index (χ0v) is 23.5. The Bertz CT molecular complexity index is 2570. The molecule has 198 valence electrons. The van der Waals surface area contributed by atoms with E-state index in [2.05, 4.69) is 131 Å². The smallest absolute Gasteiger partial charge is 0.109 e. The number of hydrogen-bond acceptors (Lipinski definition) is 2. The van der Waals surface area contributed by atoms with Gasteiger partial charge in [-0.1, -0.05) is 60.7 Å². The molecule has 5 aromatic heterocycles. The number of allylic oxidation sites excluding steroid dienone is 1. The summed E-state index contributed by atoms with van der Waals surface area (Å²) in [6.45, 7) is 0. The van der Waals surface area contributed by atoms with Gasteiger partial charge in [-0.3, -0.25) is 4.57 Å². The van der Waals surface area contributed by atoms with Crippen LogP contribution < -0.4 is 0 Å². The van der Waals surface area contributed by atoms with Crippen LogP contribution >= 0.6 is 11.3 Å². The molecule has 4 nitrogen and oxygen atoms in total. The van der Waals surface area contributed by atoms with Gasteiger partial charge in [-0.25, -0.2) is 4.52 Å². The number of thiophene rings is 1. The zero-order valence-electron chi connectivity index (χ0n) is 22.7. The molecule has 42 heavy (non-hydrogen) atoms. The van der Waals surface area contributed by atoms with E-state index in [4.69, 9.17) is 5.10 Å². The number of fused-ring (bicyclic) bond motifs is 11. The molecule has 1 aliphatic carbocycles. The Balaban J connectivity index is 1.42. The fraction of sp³-hybridized carbons (Fsp3) is 0.0541. The van der Waals surface area contributed by atoms with Crippen LogP contribution in [0.3, 0.4) is 0 Å². The second-order valence-electron chi connectivity index (χ2n) is 11.2. The van der Waals surface area contributed by atoms with Crippen molar-refractivity contribution in [2.24, 2.45) is 0 Å². The third-order valence-electron chi connectivity index (χ3n) is 8.94. The second kappa shape index (κ2) is 8.21. The van der Waals surface area contributed by atoms with Crippen molar-refractivity contribution in [2.75, 3.05) is 0 Å². The summed E-state index contributed by atoms with van der Waals surface area (Å²) in [6.07, 6.45) is 8.82. The highest BCUT2D eigenvalue weighted by molar-refractivity contribution is 7.25. The van der Waals surface area contributed by atoms with Crippen molar-refractivity contribution in [1.29, 1.82) is 0 Å². The number of hydrogen-bond donors (Lipinski definition) is 0. The summed E-state index contributed by atoms with van der Waals surface area (Å²) in [4.78, 5) is 1.28. The molecule has 0 saturated heterocycles. The van der Waals surface area contributed by atoms with Crippen LogP contribution in [0.15, 0.2) is 115 Å². The van der Waals surface area contributed by atoms with Gasteiger partial charge in [0, 0.05) is 49.2 Å². The molecule has 10 rings (SSSR count). The van der Waals surface area contributed by atoms with Crippen molar-refractivity contribution in [3.8, 4) is 11.4 Å². The Morgan fingerprint density at radius 2 is 1.48 bits per heavy atom. The molecule has 9 aromatic rings. The van der Waals surface area contributed by atoms with Crippen LogP contribution in [-0.4, -0.2) is 18.7 Å². The summed E-state index contributed by atoms with van der Waals surface area (Å²) >= 11 is 1.88. The Labute approximate surface area is 245 Å². The average Bonchev–Trinajstić information content (AvgIpc) is 3.77. The number of para-hydroxylation sites is 1. The third kappa shape index (κ3) is 2.88. The molecule has 0 unspecified atom stereocenters. The maximum atomic E-state index is 4.93. The molecule has 5 heterocycles. The first kappa shape index (κ1) is 22.5. The van der Waals surface area contributed by atoms with Gasteiger partial charge < -0.3 is 4.57 Å². The van der Waals surface area contributed by atoms with Gasteiger partial charge in [0.1, 0.15) is 4.83 Å². The van der Waals surface area contributed by atoms with E-state index in [0.29, 0.717) is 0 Å². The summed E-state index contributed by atoms with van der Waals surface area (Å²) in [5.41, 5.74) is 9.77. The first-order valence-corrected chi connectivity index (χ1v) is 15.3. The predicted octanol–water partition coefficient (Wildman–Crippen LogP) is 9.70.